The molecule has 2 aromatic rings. The Morgan fingerprint density at radius 1 is 1.18 bits per heavy atom. The van der Waals surface area contributed by atoms with Gasteiger partial charge in [0.05, 0.1) is 24.2 Å². The molecule has 4 rings (SSSR count). The fourth-order valence-corrected chi connectivity index (χ4v) is 5.71. The Morgan fingerprint density at radius 3 is 2.56 bits per heavy atom. The van der Waals surface area contributed by atoms with Crippen molar-refractivity contribution in [2.75, 3.05) is 30.9 Å². The zero-order chi connectivity index (χ0) is 24.6. The third-order valence-electron chi connectivity index (χ3n) is 6.66. The number of sulfonamides is 1. The maximum absolute atomic E-state index is 13.2. The maximum Gasteiger partial charge on any atom is 0.243 e. The van der Waals surface area contributed by atoms with Crippen molar-refractivity contribution in [3.63, 3.8) is 0 Å². The molecule has 2 aromatic carbocycles. The molecule has 8 nitrogen and oxygen atoms in total. The van der Waals surface area contributed by atoms with Crippen molar-refractivity contribution in [1.82, 2.24) is 4.31 Å². The number of anilines is 2. The first-order valence-corrected chi connectivity index (χ1v) is 12.9. The number of likely N-dealkylation sites (N-methyl/N-ethyl adjacent to an activating group) is 1. The quantitative estimate of drug-likeness (QED) is 0.649. The van der Waals surface area contributed by atoms with Crippen molar-refractivity contribution < 1.29 is 22.7 Å². The van der Waals surface area contributed by atoms with E-state index in [0.717, 1.165) is 40.4 Å². The third-order valence-corrected chi connectivity index (χ3v) is 8.46. The molecule has 0 spiro atoms. The van der Waals surface area contributed by atoms with E-state index in [1.807, 2.05) is 24.8 Å². The summed E-state index contributed by atoms with van der Waals surface area (Å²) < 4.78 is 32.7. The van der Waals surface area contributed by atoms with Crippen molar-refractivity contribution in [2.45, 2.75) is 50.5 Å². The summed E-state index contributed by atoms with van der Waals surface area (Å²) in [6.07, 6.45) is 3.53. The molecule has 1 unspecified atom stereocenters. The van der Waals surface area contributed by atoms with Gasteiger partial charge in [0, 0.05) is 24.7 Å². The van der Waals surface area contributed by atoms with E-state index in [4.69, 9.17) is 4.74 Å². The summed E-state index contributed by atoms with van der Waals surface area (Å²) in [5.74, 6) is 0.238. The van der Waals surface area contributed by atoms with Crippen LogP contribution in [0.3, 0.4) is 0 Å². The summed E-state index contributed by atoms with van der Waals surface area (Å²) >= 11 is 0. The average Bonchev–Trinajstić information content (AvgIpc) is 3.07. The Balaban J connectivity index is 1.49. The van der Waals surface area contributed by atoms with E-state index >= 15 is 0 Å². The molecule has 1 heterocycles. The summed E-state index contributed by atoms with van der Waals surface area (Å²) in [5, 5.41) is 2.73. The van der Waals surface area contributed by atoms with Gasteiger partial charge in [-0.3, -0.25) is 9.59 Å². The van der Waals surface area contributed by atoms with Crippen molar-refractivity contribution in [1.29, 1.82) is 0 Å². The van der Waals surface area contributed by atoms with Crippen LogP contribution in [0.25, 0.3) is 0 Å². The summed E-state index contributed by atoms with van der Waals surface area (Å²) in [6.45, 7) is 3.53. The van der Waals surface area contributed by atoms with Crippen LogP contribution in [0.1, 0.15) is 37.3 Å². The first-order chi connectivity index (χ1) is 16.1. The molecule has 34 heavy (non-hydrogen) atoms. The Hall–Kier alpha value is -2.91. The van der Waals surface area contributed by atoms with Crippen LogP contribution in [0.5, 0.6) is 5.75 Å². The smallest absolute Gasteiger partial charge is 0.243 e. The summed E-state index contributed by atoms with van der Waals surface area (Å²) in [6, 6.07) is 10.2. The van der Waals surface area contributed by atoms with Crippen LogP contribution in [0.15, 0.2) is 41.3 Å². The molecular formula is C25H31N3O5S. The predicted octanol–water partition coefficient (Wildman–Crippen LogP) is 3.34. The molecule has 1 fully saturated rings. The van der Waals surface area contributed by atoms with E-state index in [1.165, 1.54) is 20.2 Å². The van der Waals surface area contributed by atoms with Crippen LogP contribution >= 0.6 is 0 Å². The number of nitrogens with zero attached hydrogens (tertiary/aromatic N) is 2. The summed E-state index contributed by atoms with van der Waals surface area (Å²) in [7, 11) is -1.01. The monoisotopic (exact) mass is 485 g/mol. The number of amides is 2. The molecule has 1 saturated carbocycles. The Morgan fingerprint density at radius 2 is 1.91 bits per heavy atom. The average molecular weight is 486 g/mol. The summed E-state index contributed by atoms with van der Waals surface area (Å²) in [5.41, 5.74) is 3.05. The topological polar surface area (TPSA) is 96.0 Å². The largest absolute Gasteiger partial charge is 0.495 e. The predicted molar refractivity (Wildman–Crippen MR) is 131 cm³/mol. The highest BCUT2D eigenvalue weighted by molar-refractivity contribution is 7.89. The Labute approximate surface area is 200 Å². The molecule has 0 radical (unpaired) electrons. The van der Waals surface area contributed by atoms with Gasteiger partial charge in [-0.25, -0.2) is 8.42 Å². The molecule has 2 aliphatic rings. The van der Waals surface area contributed by atoms with Crippen molar-refractivity contribution in [3.05, 3.63) is 47.5 Å². The number of ether oxygens (including phenoxy) is 1. The molecular weight excluding hydrogens is 454 g/mol. The van der Waals surface area contributed by atoms with Crippen LogP contribution in [0, 0.1) is 12.8 Å². The van der Waals surface area contributed by atoms with Crippen LogP contribution in [0.4, 0.5) is 11.4 Å². The normalized spacial score (nSPS) is 17.9. The number of rotatable bonds is 7. The maximum atomic E-state index is 13.2. The second kappa shape index (κ2) is 9.38. The van der Waals surface area contributed by atoms with E-state index in [0.29, 0.717) is 17.9 Å². The molecule has 1 aliphatic carbocycles. The number of benzene rings is 2. The van der Waals surface area contributed by atoms with Crippen LogP contribution in [0.2, 0.25) is 0 Å². The Kier molecular flexibility index (Phi) is 6.69. The van der Waals surface area contributed by atoms with E-state index in [2.05, 4.69) is 5.32 Å². The van der Waals surface area contributed by atoms with Crippen LogP contribution in [-0.4, -0.2) is 51.3 Å². The van der Waals surface area contributed by atoms with Gasteiger partial charge >= 0.3 is 0 Å². The van der Waals surface area contributed by atoms with Gasteiger partial charge in [0.1, 0.15) is 5.75 Å². The lowest BCUT2D eigenvalue weighted by atomic mass is 9.84. The SMILES string of the molecule is COc1ccc(C)cc1NC(=O)CN(C)S(=O)(=O)c1ccc2c(c1)CC(C)N2C(=O)C1CCC1. The fourth-order valence-electron chi connectivity index (χ4n) is 4.53. The van der Waals surface area contributed by atoms with Gasteiger partial charge < -0.3 is 15.0 Å². The highest BCUT2D eigenvalue weighted by Crippen LogP contribution is 2.38. The van der Waals surface area contributed by atoms with Gasteiger partial charge in [0.15, 0.2) is 0 Å². The zero-order valence-corrected chi connectivity index (χ0v) is 20.8. The molecule has 1 atom stereocenters. The zero-order valence-electron chi connectivity index (χ0n) is 20.0. The lowest BCUT2D eigenvalue weighted by Crippen LogP contribution is -2.42. The number of carbonyl (C=O) groups is 2. The van der Waals surface area contributed by atoms with E-state index in [-0.39, 0.29) is 29.3 Å². The highest BCUT2D eigenvalue weighted by atomic mass is 32.2. The third kappa shape index (κ3) is 4.54. The fraction of sp³-hybridized carbons (Fsp3) is 0.440. The number of nitrogens with one attached hydrogen (secondary N) is 1. The van der Waals surface area contributed by atoms with E-state index in [1.54, 1.807) is 24.3 Å². The van der Waals surface area contributed by atoms with Gasteiger partial charge in [-0.15, -0.1) is 0 Å². The first-order valence-electron chi connectivity index (χ1n) is 11.5. The number of fused-ring (bicyclic) bond motifs is 1. The van der Waals surface area contributed by atoms with Crippen molar-refractivity contribution >= 4 is 33.2 Å². The number of hydrogen-bond acceptors (Lipinski definition) is 5. The first kappa shape index (κ1) is 24.2. The number of methoxy groups -OCH3 is 1. The second-order valence-corrected chi connectivity index (χ2v) is 11.2. The minimum Gasteiger partial charge on any atom is -0.495 e. The van der Waals surface area contributed by atoms with Crippen molar-refractivity contribution in [2.24, 2.45) is 5.92 Å². The molecule has 0 aromatic heterocycles. The minimum atomic E-state index is -3.90. The number of hydrogen-bond donors (Lipinski definition) is 1. The molecule has 0 bridgehead atoms. The number of aryl methyl sites for hydroxylation is 1. The van der Waals surface area contributed by atoms with Crippen LogP contribution in [-0.2, 0) is 26.0 Å². The van der Waals surface area contributed by atoms with Gasteiger partial charge in [0.2, 0.25) is 21.8 Å². The number of carbonyl (C=O) groups excluding carboxylic acids is 2. The van der Waals surface area contributed by atoms with E-state index < -0.39 is 15.9 Å². The highest BCUT2D eigenvalue weighted by Gasteiger charge is 2.37. The van der Waals surface area contributed by atoms with E-state index in [9.17, 15) is 18.0 Å². The second-order valence-electron chi connectivity index (χ2n) is 9.19. The van der Waals surface area contributed by atoms with Crippen molar-refractivity contribution in [3.8, 4) is 5.75 Å². The van der Waals surface area contributed by atoms with Gasteiger partial charge in [-0.05, 0) is 74.6 Å². The standard InChI is InChI=1S/C25H31N3O5S/c1-16-8-11-23(33-4)21(12-16)26-24(29)15-27(3)34(31,32)20-9-10-22-19(14-20)13-17(2)28(22)25(30)18-6-5-7-18/h8-12,14,17-18H,5-7,13,15H2,1-4H3,(H,26,29). The van der Waals surface area contributed by atoms with Gasteiger partial charge in [-0.1, -0.05) is 12.5 Å². The Bertz CT molecular complexity index is 1220. The lowest BCUT2D eigenvalue weighted by molar-refractivity contribution is -0.125. The van der Waals surface area contributed by atoms with Crippen LogP contribution < -0.4 is 15.0 Å². The summed E-state index contributed by atoms with van der Waals surface area (Å²) in [4.78, 5) is 27.4. The lowest BCUT2D eigenvalue weighted by Gasteiger charge is -2.32. The minimum absolute atomic E-state index is 0.00568. The molecule has 2 amide bonds. The van der Waals surface area contributed by atoms with Gasteiger partial charge in [-0.2, -0.15) is 4.31 Å². The molecule has 1 aliphatic heterocycles. The molecule has 0 saturated heterocycles. The van der Waals surface area contributed by atoms with Gasteiger partial charge in [0.25, 0.3) is 0 Å². The molecule has 9 heteroatoms. The molecule has 1 N–H and O–H groups in total. The molecule has 182 valence electrons.